The second-order valence-corrected chi connectivity index (χ2v) is 9.79. The second kappa shape index (κ2) is 10.6. The molecule has 7 nitrogen and oxygen atoms in total. The van der Waals surface area contributed by atoms with E-state index in [-0.39, 0.29) is 18.0 Å². The molecule has 2 amide bonds. The number of carbonyl (C=O) groups is 2. The molecule has 2 rings (SSSR count). The van der Waals surface area contributed by atoms with Crippen molar-refractivity contribution in [3.63, 3.8) is 0 Å². The van der Waals surface area contributed by atoms with Crippen molar-refractivity contribution in [1.29, 1.82) is 0 Å². The molecule has 0 unspecified atom stereocenters. The molecule has 0 bridgehead atoms. The Morgan fingerprint density at radius 2 is 1.62 bits per heavy atom. The third-order valence-electron chi connectivity index (χ3n) is 5.22. The lowest BCUT2D eigenvalue weighted by atomic mass is 10.0. The van der Waals surface area contributed by atoms with Crippen LogP contribution in [0.4, 0.5) is 10.1 Å². The molecule has 1 N–H and O–H groups in total. The molecule has 0 spiro atoms. The third-order valence-corrected chi connectivity index (χ3v) is 6.35. The molecule has 9 heteroatoms. The van der Waals surface area contributed by atoms with Gasteiger partial charge in [0.1, 0.15) is 18.4 Å². The number of hydrogen-bond acceptors (Lipinski definition) is 4. The van der Waals surface area contributed by atoms with Gasteiger partial charge < -0.3 is 10.2 Å². The van der Waals surface area contributed by atoms with Crippen molar-refractivity contribution in [2.45, 2.75) is 39.3 Å². The molecule has 0 saturated heterocycles. The average Bonchev–Trinajstić information content (AvgIpc) is 2.74. The molecule has 0 fully saturated rings. The SMILES string of the molecule is CNC(=O)[C@@H](C)N(Cc1ccccc1F)C(=O)CN(c1ccccc1C(C)C)S(C)(=O)=O. The predicted octanol–water partition coefficient (Wildman–Crippen LogP) is 2.88. The first-order valence-electron chi connectivity index (χ1n) is 10.3. The number of nitrogens with zero attached hydrogens (tertiary/aromatic N) is 2. The molecule has 0 radical (unpaired) electrons. The van der Waals surface area contributed by atoms with Crippen LogP contribution in [-0.2, 0) is 26.2 Å². The number of carbonyl (C=O) groups excluding carboxylic acids is 2. The predicted molar refractivity (Wildman–Crippen MR) is 123 cm³/mol. The molecule has 0 aromatic heterocycles. The van der Waals surface area contributed by atoms with Gasteiger partial charge in [-0.3, -0.25) is 13.9 Å². The van der Waals surface area contributed by atoms with Gasteiger partial charge in [-0.25, -0.2) is 12.8 Å². The molecule has 0 saturated carbocycles. The number of amides is 2. The fourth-order valence-corrected chi connectivity index (χ4v) is 4.27. The second-order valence-electron chi connectivity index (χ2n) is 7.89. The zero-order chi connectivity index (χ0) is 24.1. The van der Waals surface area contributed by atoms with E-state index in [1.807, 2.05) is 19.9 Å². The highest BCUT2D eigenvalue weighted by molar-refractivity contribution is 7.92. The molecule has 0 aliphatic heterocycles. The molecule has 0 heterocycles. The Morgan fingerprint density at radius 3 is 2.19 bits per heavy atom. The van der Waals surface area contributed by atoms with Crippen LogP contribution in [0.15, 0.2) is 48.5 Å². The molecule has 174 valence electrons. The average molecular weight is 464 g/mol. The summed E-state index contributed by atoms with van der Waals surface area (Å²) in [5.74, 6) is -1.55. The number of para-hydroxylation sites is 1. The first-order chi connectivity index (χ1) is 15.0. The van der Waals surface area contributed by atoms with Gasteiger partial charge in [-0.1, -0.05) is 50.2 Å². The minimum atomic E-state index is -3.82. The van der Waals surface area contributed by atoms with Gasteiger partial charge in [-0.2, -0.15) is 0 Å². The van der Waals surface area contributed by atoms with Gasteiger partial charge in [0, 0.05) is 19.2 Å². The van der Waals surface area contributed by atoms with Crippen LogP contribution in [0.25, 0.3) is 0 Å². The van der Waals surface area contributed by atoms with Gasteiger partial charge >= 0.3 is 0 Å². The highest BCUT2D eigenvalue weighted by Gasteiger charge is 2.31. The third kappa shape index (κ3) is 6.06. The summed E-state index contributed by atoms with van der Waals surface area (Å²) in [7, 11) is -2.39. The number of likely N-dealkylation sites (N-methyl/N-ethyl adjacent to an activating group) is 1. The maximum atomic E-state index is 14.3. The number of nitrogens with one attached hydrogen (secondary N) is 1. The van der Waals surface area contributed by atoms with E-state index in [0.29, 0.717) is 5.69 Å². The normalized spacial score (nSPS) is 12.3. The maximum Gasteiger partial charge on any atom is 0.244 e. The van der Waals surface area contributed by atoms with Gasteiger partial charge in [0.25, 0.3) is 0 Å². The standard InChI is InChI=1S/C23H30FN3O4S/c1-16(2)19-11-7-9-13-21(19)27(32(5,30)31)15-22(28)26(17(3)23(29)25-4)14-18-10-6-8-12-20(18)24/h6-13,16-17H,14-15H2,1-5H3,(H,25,29)/t17-/m1/s1. The zero-order valence-corrected chi connectivity index (χ0v) is 19.8. The Bertz CT molecular complexity index is 1070. The lowest BCUT2D eigenvalue weighted by Gasteiger charge is -2.32. The Kier molecular flexibility index (Phi) is 8.38. The minimum Gasteiger partial charge on any atom is -0.357 e. The minimum absolute atomic E-state index is 0.0184. The highest BCUT2D eigenvalue weighted by atomic mass is 32.2. The van der Waals surface area contributed by atoms with Gasteiger partial charge in [0.15, 0.2) is 0 Å². The van der Waals surface area contributed by atoms with Gasteiger partial charge in [0.05, 0.1) is 11.9 Å². The summed E-state index contributed by atoms with van der Waals surface area (Å²) >= 11 is 0. The van der Waals surface area contributed by atoms with Crippen LogP contribution in [0.3, 0.4) is 0 Å². The largest absolute Gasteiger partial charge is 0.357 e. The summed E-state index contributed by atoms with van der Waals surface area (Å²) in [6, 6.07) is 12.0. The Labute approximate surface area is 189 Å². The van der Waals surface area contributed by atoms with E-state index >= 15 is 0 Å². The summed E-state index contributed by atoms with van der Waals surface area (Å²) < 4.78 is 40.6. The van der Waals surface area contributed by atoms with Crippen molar-refractivity contribution in [3.8, 4) is 0 Å². The fraction of sp³-hybridized carbons (Fsp3) is 0.391. The van der Waals surface area contributed by atoms with Crippen LogP contribution in [0, 0.1) is 5.82 Å². The molecule has 2 aromatic carbocycles. The van der Waals surface area contributed by atoms with Crippen LogP contribution in [0.5, 0.6) is 0 Å². The Hall–Kier alpha value is -2.94. The zero-order valence-electron chi connectivity index (χ0n) is 19.0. The van der Waals surface area contributed by atoms with Crippen LogP contribution >= 0.6 is 0 Å². The maximum absolute atomic E-state index is 14.3. The number of sulfonamides is 1. The van der Waals surface area contributed by atoms with E-state index in [4.69, 9.17) is 0 Å². The quantitative estimate of drug-likeness (QED) is 0.620. The van der Waals surface area contributed by atoms with Gasteiger partial charge in [0.2, 0.25) is 21.8 Å². The van der Waals surface area contributed by atoms with Crippen molar-refractivity contribution in [1.82, 2.24) is 10.2 Å². The number of rotatable bonds is 9. The van der Waals surface area contributed by atoms with Crippen LogP contribution in [0.2, 0.25) is 0 Å². The Morgan fingerprint density at radius 1 is 1.03 bits per heavy atom. The van der Waals surface area contributed by atoms with E-state index in [9.17, 15) is 22.4 Å². The number of hydrogen-bond donors (Lipinski definition) is 1. The lowest BCUT2D eigenvalue weighted by molar-refractivity contribution is -0.139. The molecular weight excluding hydrogens is 433 g/mol. The molecule has 32 heavy (non-hydrogen) atoms. The van der Waals surface area contributed by atoms with E-state index in [0.717, 1.165) is 16.1 Å². The summed E-state index contributed by atoms with van der Waals surface area (Å²) in [6.07, 6.45) is 1.03. The number of anilines is 1. The molecule has 0 aliphatic rings. The number of halogens is 1. The van der Waals surface area contributed by atoms with Crippen molar-refractivity contribution in [2.75, 3.05) is 24.2 Å². The van der Waals surface area contributed by atoms with Crippen molar-refractivity contribution >= 4 is 27.5 Å². The first kappa shape index (κ1) is 25.3. The van der Waals surface area contributed by atoms with E-state index in [1.54, 1.807) is 24.3 Å². The molecule has 0 aliphatic carbocycles. The first-order valence-corrected chi connectivity index (χ1v) is 12.1. The monoisotopic (exact) mass is 463 g/mol. The summed E-state index contributed by atoms with van der Waals surface area (Å²) in [6.45, 7) is 4.69. The molecule has 2 aromatic rings. The van der Waals surface area contributed by atoms with Crippen molar-refractivity contribution in [3.05, 3.63) is 65.5 Å². The van der Waals surface area contributed by atoms with Crippen molar-refractivity contribution in [2.24, 2.45) is 0 Å². The van der Waals surface area contributed by atoms with Gasteiger partial charge in [-0.15, -0.1) is 0 Å². The van der Waals surface area contributed by atoms with Gasteiger partial charge in [-0.05, 0) is 30.5 Å². The molecular formula is C23H30FN3O4S. The summed E-state index contributed by atoms with van der Waals surface area (Å²) in [4.78, 5) is 26.8. The fourth-order valence-electron chi connectivity index (χ4n) is 3.40. The van der Waals surface area contributed by atoms with E-state index < -0.39 is 40.2 Å². The summed E-state index contributed by atoms with van der Waals surface area (Å²) in [5.41, 5.74) is 1.40. The highest BCUT2D eigenvalue weighted by Crippen LogP contribution is 2.29. The van der Waals surface area contributed by atoms with Crippen LogP contribution in [0.1, 0.15) is 37.8 Å². The van der Waals surface area contributed by atoms with E-state index in [2.05, 4.69) is 5.32 Å². The summed E-state index contributed by atoms with van der Waals surface area (Å²) in [5, 5.41) is 2.48. The van der Waals surface area contributed by atoms with Crippen LogP contribution in [-0.4, -0.2) is 51.0 Å². The van der Waals surface area contributed by atoms with E-state index in [1.165, 1.54) is 37.1 Å². The smallest absolute Gasteiger partial charge is 0.244 e. The van der Waals surface area contributed by atoms with Crippen LogP contribution < -0.4 is 9.62 Å². The van der Waals surface area contributed by atoms with Crippen molar-refractivity contribution < 1.29 is 22.4 Å². The molecule has 1 atom stereocenters. The lowest BCUT2D eigenvalue weighted by Crippen LogP contribution is -2.50. The topological polar surface area (TPSA) is 86.8 Å². The number of benzene rings is 2. The Balaban J connectivity index is 2.47.